The molecule has 0 spiro atoms. The van der Waals surface area contributed by atoms with Gasteiger partial charge in [-0.25, -0.2) is 4.98 Å². The number of non-ortho nitro benzene ring substituents is 1. The molecule has 23 heavy (non-hydrogen) atoms. The first-order valence-corrected chi connectivity index (χ1v) is 7.17. The van der Waals surface area contributed by atoms with Crippen LogP contribution in [0.1, 0.15) is 17.4 Å². The van der Waals surface area contributed by atoms with Gasteiger partial charge in [-0.15, -0.1) is 0 Å². The van der Waals surface area contributed by atoms with Crippen molar-refractivity contribution in [2.24, 2.45) is 0 Å². The molecule has 6 heteroatoms. The van der Waals surface area contributed by atoms with Crippen molar-refractivity contribution in [3.8, 4) is 0 Å². The Morgan fingerprint density at radius 3 is 2.39 bits per heavy atom. The molecule has 0 bridgehead atoms. The summed E-state index contributed by atoms with van der Waals surface area (Å²) in [5.41, 5.74) is 1.31. The molecule has 1 aliphatic heterocycles. The predicted octanol–water partition coefficient (Wildman–Crippen LogP) is 3.26. The van der Waals surface area contributed by atoms with Crippen LogP contribution in [0.3, 0.4) is 0 Å². The van der Waals surface area contributed by atoms with Crippen LogP contribution in [-0.4, -0.2) is 14.5 Å². The van der Waals surface area contributed by atoms with Gasteiger partial charge in [-0.2, -0.15) is 0 Å². The van der Waals surface area contributed by atoms with Gasteiger partial charge in [-0.3, -0.25) is 10.1 Å². The Labute approximate surface area is 132 Å². The molecule has 3 aromatic rings. The maximum Gasteiger partial charge on any atom is 0.269 e. The number of ether oxygens (including phenoxy) is 1. The fourth-order valence-electron chi connectivity index (χ4n) is 2.93. The van der Waals surface area contributed by atoms with Crippen molar-refractivity contribution in [1.29, 1.82) is 0 Å². The predicted molar refractivity (Wildman–Crippen MR) is 82.7 cm³/mol. The minimum absolute atomic E-state index is 0.0665. The number of rotatable bonds is 4. The van der Waals surface area contributed by atoms with Gasteiger partial charge in [0.2, 0.25) is 0 Å². The molecule has 2 unspecified atom stereocenters. The van der Waals surface area contributed by atoms with E-state index in [1.807, 2.05) is 41.1 Å². The third kappa shape index (κ3) is 2.11. The molecule has 2 heterocycles. The monoisotopic (exact) mass is 307 g/mol. The van der Waals surface area contributed by atoms with Gasteiger partial charge in [0.25, 0.3) is 5.69 Å². The zero-order valence-corrected chi connectivity index (χ0v) is 12.1. The molecule has 1 saturated heterocycles. The molecule has 2 aromatic carbocycles. The molecule has 6 nitrogen and oxygen atoms in total. The van der Waals surface area contributed by atoms with Gasteiger partial charge in [0.1, 0.15) is 0 Å². The highest BCUT2D eigenvalue weighted by Crippen LogP contribution is 2.58. The second-order valence-electron chi connectivity index (χ2n) is 5.39. The third-order valence-corrected chi connectivity index (χ3v) is 4.09. The van der Waals surface area contributed by atoms with Crippen molar-refractivity contribution in [2.75, 3.05) is 0 Å². The largest absolute Gasteiger partial charge is 0.333 e. The van der Waals surface area contributed by atoms with Crippen LogP contribution in [0.4, 0.5) is 5.69 Å². The summed E-state index contributed by atoms with van der Waals surface area (Å²) in [6.07, 6.45) is 5.04. The van der Waals surface area contributed by atoms with Crippen LogP contribution in [0.2, 0.25) is 0 Å². The van der Waals surface area contributed by atoms with E-state index in [2.05, 4.69) is 4.98 Å². The number of hydrogen-bond donors (Lipinski definition) is 0. The van der Waals surface area contributed by atoms with Crippen molar-refractivity contribution >= 4 is 5.69 Å². The van der Waals surface area contributed by atoms with Crippen LogP contribution in [0, 0.1) is 10.1 Å². The van der Waals surface area contributed by atoms with Gasteiger partial charge in [-0.1, -0.05) is 30.3 Å². The number of nitro benzene ring substituents is 1. The number of imidazole rings is 1. The first kappa shape index (κ1) is 13.7. The zero-order valence-electron chi connectivity index (χ0n) is 12.1. The van der Waals surface area contributed by atoms with Gasteiger partial charge in [0, 0.05) is 24.5 Å². The highest BCUT2D eigenvalue weighted by molar-refractivity contribution is 5.45. The normalized spacial score (nSPS) is 22.7. The Bertz CT molecular complexity index is 831. The Kier molecular flexibility index (Phi) is 2.99. The molecule has 4 rings (SSSR count). The number of nitro groups is 1. The summed E-state index contributed by atoms with van der Waals surface area (Å²) in [6, 6.07) is 16.4. The molecule has 1 aliphatic rings. The second-order valence-corrected chi connectivity index (χ2v) is 5.39. The Hall–Kier alpha value is -2.99. The highest BCUT2D eigenvalue weighted by Gasteiger charge is 2.60. The van der Waals surface area contributed by atoms with Gasteiger partial charge < -0.3 is 9.30 Å². The third-order valence-electron chi connectivity index (χ3n) is 4.09. The summed E-state index contributed by atoms with van der Waals surface area (Å²) in [4.78, 5) is 14.5. The van der Waals surface area contributed by atoms with Gasteiger partial charge >= 0.3 is 0 Å². The first-order valence-electron chi connectivity index (χ1n) is 7.17. The molecule has 0 N–H and O–H groups in total. The fourth-order valence-corrected chi connectivity index (χ4v) is 2.93. The Morgan fingerprint density at radius 2 is 1.78 bits per heavy atom. The van der Waals surface area contributed by atoms with Gasteiger partial charge in [0.15, 0.2) is 11.8 Å². The van der Waals surface area contributed by atoms with Gasteiger partial charge in [-0.05, 0) is 23.3 Å². The smallest absolute Gasteiger partial charge is 0.269 e. The average Bonchev–Trinajstić information content (AvgIpc) is 3.12. The number of benzene rings is 2. The van der Waals surface area contributed by atoms with Crippen LogP contribution in [-0.2, 0) is 10.3 Å². The maximum atomic E-state index is 10.9. The molecule has 2 atom stereocenters. The molecular weight excluding hydrogens is 294 g/mol. The van der Waals surface area contributed by atoms with E-state index in [4.69, 9.17) is 4.74 Å². The lowest BCUT2D eigenvalue weighted by Crippen LogP contribution is -2.14. The average molecular weight is 307 g/mol. The highest BCUT2D eigenvalue weighted by atomic mass is 16.6. The van der Waals surface area contributed by atoms with E-state index in [9.17, 15) is 10.1 Å². The molecule has 1 aromatic heterocycles. The van der Waals surface area contributed by atoms with Crippen molar-refractivity contribution in [2.45, 2.75) is 11.8 Å². The van der Waals surface area contributed by atoms with E-state index in [-0.39, 0.29) is 11.9 Å². The van der Waals surface area contributed by atoms with E-state index in [0.29, 0.717) is 0 Å². The summed E-state index contributed by atoms with van der Waals surface area (Å²) in [6.45, 7) is 0. The molecule has 0 amide bonds. The number of hydrogen-bond acceptors (Lipinski definition) is 4. The summed E-state index contributed by atoms with van der Waals surface area (Å²) in [5.74, 6) is 0. The molecule has 0 radical (unpaired) electrons. The summed E-state index contributed by atoms with van der Waals surface area (Å²) >= 11 is 0. The lowest BCUT2D eigenvalue weighted by molar-refractivity contribution is -0.384. The first-order chi connectivity index (χ1) is 11.2. The van der Waals surface area contributed by atoms with Crippen molar-refractivity contribution in [1.82, 2.24) is 9.55 Å². The number of aromatic nitrogens is 2. The van der Waals surface area contributed by atoms with Gasteiger partial charge in [0.05, 0.1) is 11.3 Å². The van der Waals surface area contributed by atoms with Crippen LogP contribution in [0.15, 0.2) is 73.3 Å². The van der Waals surface area contributed by atoms with Crippen LogP contribution in [0.5, 0.6) is 0 Å². The van der Waals surface area contributed by atoms with Crippen molar-refractivity contribution in [3.63, 3.8) is 0 Å². The van der Waals surface area contributed by atoms with E-state index in [1.54, 1.807) is 24.7 Å². The zero-order chi connectivity index (χ0) is 15.9. The topological polar surface area (TPSA) is 73.5 Å². The van der Waals surface area contributed by atoms with Crippen LogP contribution in [0.25, 0.3) is 0 Å². The van der Waals surface area contributed by atoms with E-state index < -0.39 is 10.5 Å². The van der Waals surface area contributed by atoms with E-state index in [1.165, 1.54) is 12.1 Å². The summed E-state index contributed by atoms with van der Waals surface area (Å²) < 4.78 is 7.97. The number of epoxide rings is 1. The molecular formula is C17H13N3O3. The van der Waals surface area contributed by atoms with Crippen molar-refractivity contribution < 1.29 is 9.66 Å². The minimum Gasteiger partial charge on any atom is -0.333 e. The lowest BCUT2D eigenvalue weighted by atomic mass is 9.90. The fraction of sp³-hybridized carbons (Fsp3) is 0.118. The molecule has 0 saturated carbocycles. The molecule has 114 valence electrons. The quantitative estimate of drug-likeness (QED) is 0.421. The Balaban J connectivity index is 1.80. The standard InChI is InChI=1S/C17H13N3O3/c21-20(22)15-8-6-14(7-9-15)17(13-4-2-1-3-5-13)16(23-17)19-11-10-18-12-19/h1-12,16H. The summed E-state index contributed by atoms with van der Waals surface area (Å²) in [5, 5.41) is 10.9. The maximum absolute atomic E-state index is 10.9. The summed E-state index contributed by atoms with van der Waals surface area (Å²) in [7, 11) is 0. The lowest BCUT2D eigenvalue weighted by Gasteiger charge is -2.14. The molecule has 0 aliphatic carbocycles. The number of nitrogens with zero attached hydrogens (tertiary/aromatic N) is 3. The second kappa shape index (κ2) is 5.03. The molecule has 1 fully saturated rings. The SMILES string of the molecule is O=[N+]([O-])c1ccc(C2(c3ccccc3)OC2n2ccnc2)cc1. The van der Waals surface area contributed by atoms with Crippen LogP contribution < -0.4 is 0 Å². The van der Waals surface area contributed by atoms with E-state index >= 15 is 0 Å². The van der Waals surface area contributed by atoms with Crippen molar-refractivity contribution in [3.05, 3.63) is 94.6 Å². The minimum atomic E-state index is -0.642. The van der Waals surface area contributed by atoms with E-state index in [0.717, 1.165) is 11.1 Å². The van der Waals surface area contributed by atoms with Crippen LogP contribution >= 0.6 is 0 Å². The Morgan fingerprint density at radius 1 is 1.09 bits per heavy atom.